The number of carbonyl (C=O) groups is 1. The van der Waals surface area contributed by atoms with E-state index in [2.05, 4.69) is 15.5 Å². The highest BCUT2D eigenvalue weighted by molar-refractivity contribution is 5.92. The molecule has 4 rings (SSSR count). The molecule has 2 heterocycles. The maximum Gasteiger partial charge on any atom is 0.269 e. The van der Waals surface area contributed by atoms with Crippen LogP contribution < -0.4 is 10.9 Å². The number of rotatable bonds is 4. The van der Waals surface area contributed by atoms with Gasteiger partial charge in [-0.3, -0.25) is 14.3 Å². The second kappa shape index (κ2) is 6.70. The summed E-state index contributed by atoms with van der Waals surface area (Å²) < 4.78 is 3.29. The Morgan fingerprint density at radius 1 is 1.12 bits per heavy atom. The molecule has 138 valence electrons. The summed E-state index contributed by atoms with van der Waals surface area (Å²) in [4.78, 5) is 24.7. The van der Waals surface area contributed by atoms with Gasteiger partial charge in [0.2, 0.25) is 0 Å². The molecule has 2 aromatic rings. The topological polar surface area (TPSA) is 81.8 Å². The summed E-state index contributed by atoms with van der Waals surface area (Å²) in [5.41, 5.74) is 2.45. The second-order valence-corrected chi connectivity index (χ2v) is 7.59. The molecule has 2 fully saturated rings. The van der Waals surface area contributed by atoms with Gasteiger partial charge in [-0.25, -0.2) is 4.68 Å². The Labute approximate surface area is 152 Å². The molecule has 1 amide bonds. The van der Waals surface area contributed by atoms with Gasteiger partial charge < -0.3 is 5.32 Å². The highest BCUT2D eigenvalue weighted by Gasteiger charge is 2.29. The van der Waals surface area contributed by atoms with Crippen molar-refractivity contribution in [3.05, 3.63) is 45.6 Å². The van der Waals surface area contributed by atoms with Gasteiger partial charge in [0.05, 0.1) is 17.4 Å². The van der Waals surface area contributed by atoms with Gasteiger partial charge in [0.15, 0.2) is 0 Å². The van der Waals surface area contributed by atoms with E-state index in [-0.39, 0.29) is 23.6 Å². The minimum atomic E-state index is -0.0810. The van der Waals surface area contributed by atoms with Crippen LogP contribution in [0.5, 0.6) is 0 Å². The first kappa shape index (κ1) is 17.0. The fraction of sp³-hybridized carbons (Fsp3) is 0.579. The van der Waals surface area contributed by atoms with Gasteiger partial charge in [-0.2, -0.15) is 10.2 Å². The first-order chi connectivity index (χ1) is 12.5. The molecule has 1 N–H and O–H groups in total. The Bertz CT molecular complexity index is 872. The molecule has 0 saturated heterocycles. The third kappa shape index (κ3) is 3.43. The number of hydrogen-bond acceptors (Lipinski definition) is 4. The van der Waals surface area contributed by atoms with E-state index in [4.69, 9.17) is 0 Å². The Hall–Kier alpha value is -2.44. The largest absolute Gasteiger partial charge is 0.348 e. The van der Waals surface area contributed by atoms with Gasteiger partial charge in [0, 0.05) is 25.1 Å². The number of hydrogen-bond donors (Lipinski definition) is 1. The van der Waals surface area contributed by atoms with Gasteiger partial charge in [-0.05, 0) is 57.6 Å². The van der Waals surface area contributed by atoms with Crippen molar-refractivity contribution in [1.29, 1.82) is 0 Å². The average Bonchev–Trinajstić information content (AvgIpc) is 3.40. The molecule has 2 aliphatic rings. The normalized spacial score (nSPS) is 23.0. The summed E-state index contributed by atoms with van der Waals surface area (Å²) >= 11 is 0. The van der Waals surface area contributed by atoms with Crippen molar-refractivity contribution in [3.63, 3.8) is 0 Å². The summed E-state index contributed by atoms with van der Waals surface area (Å²) in [6.45, 7) is 1.88. The van der Waals surface area contributed by atoms with Crippen LogP contribution in [0.2, 0.25) is 0 Å². The number of amides is 1. The zero-order valence-corrected chi connectivity index (χ0v) is 15.3. The van der Waals surface area contributed by atoms with E-state index in [9.17, 15) is 9.59 Å². The lowest BCUT2D eigenvalue weighted by atomic mass is 9.91. The summed E-state index contributed by atoms with van der Waals surface area (Å²) in [5.74, 6) is 0.461. The van der Waals surface area contributed by atoms with Crippen molar-refractivity contribution >= 4 is 5.91 Å². The molecule has 0 radical (unpaired) electrons. The van der Waals surface area contributed by atoms with Gasteiger partial charge in [0.25, 0.3) is 11.5 Å². The number of aromatic nitrogens is 4. The van der Waals surface area contributed by atoms with Gasteiger partial charge >= 0.3 is 0 Å². The summed E-state index contributed by atoms with van der Waals surface area (Å²) in [5, 5.41) is 11.9. The quantitative estimate of drug-likeness (QED) is 0.910. The lowest BCUT2D eigenvalue weighted by Gasteiger charge is -2.29. The molecule has 2 aromatic heterocycles. The molecule has 7 heteroatoms. The lowest BCUT2D eigenvalue weighted by Crippen LogP contribution is -2.40. The maximum absolute atomic E-state index is 12.4. The maximum atomic E-state index is 12.4. The van der Waals surface area contributed by atoms with E-state index < -0.39 is 0 Å². The standard InChI is InChI=1S/C19H25N5O2/c1-12-11-17(23(2)21-12)19(26)20-14-5-7-15(8-6-14)24-18(25)10-9-16(22-24)13-3-4-13/h9-11,13-15H,3-8H2,1-2H3,(H,20,26). The molecule has 26 heavy (non-hydrogen) atoms. The van der Waals surface area contributed by atoms with Gasteiger partial charge in [-0.1, -0.05) is 0 Å². The van der Waals surface area contributed by atoms with Crippen molar-refractivity contribution in [3.8, 4) is 0 Å². The molecular formula is C19H25N5O2. The number of carbonyl (C=O) groups excluding carboxylic acids is 1. The lowest BCUT2D eigenvalue weighted by molar-refractivity contribution is 0.0911. The summed E-state index contributed by atoms with van der Waals surface area (Å²) in [6.07, 6.45) is 5.78. The fourth-order valence-electron chi connectivity index (χ4n) is 3.85. The first-order valence-electron chi connectivity index (χ1n) is 9.42. The van der Waals surface area contributed by atoms with Gasteiger partial charge in [0.1, 0.15) is 5.69 Å². The Kier molecular flexibility index (Phi) is 4.38. The fourth-order valence-corrected chi connectivity index (χ4v) is 3.85. The zero-order valence-electron chi connectivity index (χ0n) is 15.3. The van der Waals surface area contributed by atoms with Crippen LogP contribution >= 0.6 is 0 Å². The molecule has 0 bridgehead atoms. The van der Waals surface area contributed by atoms with Gasteiger partial charge in [-0.15, -0.1) is 0 Å². The molecule has 7 nitrogen and oxygen atoms in total. The van der Waals surface area contributed by atoms with E-state index in [1.165, 1.54) is 12.8 Å². The summed E-state index contributed by atoms with van der Waals surface area (Å²) in [7, 11) is 1.78. The monoisotopic (exact) mass is 355 g/mol. The van der Waals surface area contributed by atoms with Crippen LogP contribution in [0.15, 0.2) is 23.0 Å². The number of nitrogens with one attached hydrogen (secondary N) is 1. The Morgan fingerprint density at radius 2 is 1.85 bits per heavy atom. The van der Waals surface area contributed by atoms with E-state index in [1.807, 2.05) is 13.0 Å². The molecular weight excluding hydrogens is 330 g/mol. The first-order valence-corrected chi connectivity index (χ1v) is 9.42. The van der Waals surface area contributed by atoms with E-state index in [0.717, 1.165) is 37.1 Å². The summed E-state index contributed by atoms with van der Waals surface area (Å²) in [6, 6.07) is 5.59. The molecule has 0 spiro atoms. The van der Waals surface area contributed by atoms with Crippen molar-refractivity contribution in [2.45, 2.75) is 63.5 Å². The minimum absolute atomic E-state index is 0.0211. The zero-order chi connectivity index (χ0) is 18.3. The smallest absolute Gasteiger partial charge is 0.269 e. The Balaban J connectivity index is 1.38. The average molecular weight is 355 g/mol. The van der Waals surface area contributed by atoms with Crippen LogP contribution in [0, 0.1) is 6.92 Å². The molecule has 0 atom stereocenters. The molecule has 0 unspecified atom stereocenters. The second-order valence-electron chi connectivity index (χ2n) is 7.59. The van der Waals surface area contributed by atoms with Crippen molar-refractivity contribution in [1.82, 2.24) is 24.9 Å². The van der Waals surface area contributed by atoms with Crippen LogP contribution in [-0.2, 0) is 7.05 Å². The Morgan fingerprint density at radius 3 is 2.46 bits per heavy atom. The van der Waals surface area contributed by atoms with Crippen LogP contribution in [0.1, 0.15) is 72.4 Å². The van der Waals surface area contributed by atoms with Crippen LogP contribution in [0.25, 0.3) is 0 Å². The minimum Gasteiger partial charge on any atom is -0.348 e. The predicted octanol–water partition coefficient (Wildman–Crippen LogP) is 2.08. The van der Waals surface area contributed by atoms with Crippen LogP contribution in [-0.4, -0.2) is 31.5 Å². The van der Waals surface area contributed by atoms with E-state index in [1.54, 1.807) is 28.5 Å². The van der Waals surface area contributed by atoms with Crippen LogP contribution in [0.3, 0.4) is 0 Å². The molecule has 0 aromatic carbocycles. The van der Waals surface area contributed by atoms with Crippen molar-refractivity contribution in [2.24, 2.45) is 7.05 Å². The third-order valence-corrected chi connectivity index (χ3v) is 5.45. The number of nitrogens with zero attached hydrogens (tertiary/aromatic N) is 4. The van der Waals surface area contributed by atoms with Crippen molar-refractivity contribution in [2.75, 3.05) is 0 Å². The highest BCUT2D eigenvalue weighted by Crippen LogP contribution is 2.38. The predicted molar refractivity (Wildman–Crippen MR) is 97.2 cm³/mol. The SMILES string of the molecule is Cc1cc(C(=O)NC2CCC(n3nc(C4CC4)ccc3=O)CC2)n(C)n1. The highest BCUT2D eigenvalue weighted by atomic mass is 16.2. The van der Waals surface area contributed by atoms with E-state index >= 15 is 0 Å². The van der Waals surface area contributed by atoms with Crippen molar-refractivity contribution < 1.29 is 4.79 Å². The number of aryl methyl sites for hydroxylation is 2. The molecule has 2 aliphatic carbocycles. The van der Waals surface area contributed by atoms with E-state index in [0.29, 0.717) is 11.6 Å². The third-order valence-electron chi connectivity index (χ3n) is 5.45. The molecule has 2 saturated carbocycles. The van der Waals surface area contributed by atoms with Crippen LogP contribution in [0.4, 0.5) is 0 Å². The molecule has 0 aliphatic heterocycles.